The first-order valence-corrected chi connectivity index (χ1v) is 7.18. The van der Waals surface area contributed by atoms with E-state index < -0.39 is 0 Å². The van der Waals surface area contributed by atoms with E-state index in [2.05, 4.69) is 34.6 Å². The first kappa shape index (κ1) is 13.1. The van der Waals surface area contributed by atoms with Crippen molar-refractivity contribution in [2.24, 2.45) is 0 Å². The number of benzene rings is 1. The number of aromatic nitrogens is 1. The molecule has 1 aliphatic rings. The lowest BCUT2D eigenvalue weighted by Crippen LogP contribution is -2.19. The van der Waals surface area contributed by atoms with Crippen molar-refractivity contribution in [3.05, 3.63) is 59.4 Å². The molecule has 0 fully saturated rings. The van der Waals surface area contributed by atoms with Crippen LogP contribution in [0.4, 0.5) is 0 Å². The second-order valence-electron chi connectivity index (χ2n) is 5.22. The molecule has 1 aromatic heterocycles. The van der Waals surface area contributed by atoms with Crippen LogP contribution in [-0.2, 0) is 6.42 Å². The number of nitrogens with zero attached hydrogens (tertiary/aromatic N) is 1. The normalized spacial score (nSPS) is 15.2. The molecule has 0 radical (unpaired) electrons. The van der Waals surface area contributed by atoms with Crippen LogP contribution < -0.4 is 10.1 Å². The lowest BCUT2D eigenvalue weighted by atomic mass is 9.90. The van der Waals surface area contributed by atoms with Gasteiger partial charge in [0.2, 0.25) is 0 Å². The van der Waals surface area contributed by atoms with Crippen LogP contribution in [0.1, 0.15) is 29.0 Å². The van der Waals surface area contributed by atoms with E-state index in [1.807, 2.05) is 25.5 Å². The maximum Gasteiger partial charge on any atom is 0.122 e. The lowest BCUT2D eigenvalue weighted by molar-refractivity contribution is 0.288. The molecule has 1 unspecified atom stereocenters. The van der Waals surface area contributed by atoms with Gasteiger partial charge in [-0.3, -0.25) is 4.98 Å². The summed E-state index contributed by atoms with van der Waals surface area (Å²) < 4.78 is 5.70. The van der Waals surface area contributed by atoms with Crippen molar-refractivity contribution in [2.45, 2.75) is 18.8 Å². The number of rotatable bonds is 4. The minimum absolute atomic E-state index is 0.334. The molecule has 1 N–H and O–H groups in total. The summed E-state index contributed by atoms with van der Waals surface area (Å²) in [7, 11) is 1.99. The van der Waals surface area contributed by atoms with Gasteiger partial charge < -0.3 is 10.1 Å². The molecule has 2 aromatic rings. The molecule has 0 bridgehead atoms. The molecule has 2 heterocycles. The highest BCUT2D eigenvalue weighted by molar-refractivity contribution is 5.42. The van der Waals surface area contributed by atoms with Gasteiger partial charge in [-0.1, -0.05) is 18.2 Å². The van der Waals surface area contributed by atoms with Crippen LogP contribution in [0.3, 0.4) is 0 Å². The zero-order valence-corrected chi connectivity index (χ0v) is 11.8. The van der Waals surface area contributed by atoms with Crippen LogP contribution in [0.25, 0.3) is 0 Å². The number of nitrogens with one attached hydrogen (secondary N) is 1. The Morgan fingerprint density at radius 3 is 3.05 bits per heavy atom. The fourth-order valence-corrected chi connectivity index (χ4v) is 2.81. The van der Waals surface area contributed by atoms with Gasteiger partial charge in [0.15, 0.2) is 0 Å². The number of likely N-dealkylation sites (N-methyl/N-ethyl adjacent to an activating group) is 1. The minimum Gasteiger partial charge on any atom is -0.493 e. The number of hydrogen-bond donors (Lipinski definition) is 1. The van der Waals surface area contributed by atoms with Crippen LogP contribution in [0.5, 0.6) is 5.75 Å². The van der Waals surface area contributed by atoms with Gasteiger partial charge in [0.1, 0.15) is 5.75 Å². The summed E-state index contributed by atoms with van der Waals surface area (Å²) in [4.78, 5) is 4.25. The molecule has 3 nitrogen and oxygen atoms in total. The van der Waals surface area contributed by atoms with Crippen molar-refractivity contribution in [3.63, 3.8) is 0 Å². The summed E-state index contributed by atoms with van der Waals surface area (Å²) in [6.45, 7) is 1.75. The van der Waals surface area contributed by atoms with E-state index in [0.717, 1.165) is 31.7 Å². The molecule has 20 heavy (non-hydrogen) atoms. The van der Waals surface area contributed by atoms with Gasteiger partial charge in [0.25, 0.3) is 0 Å². The second-order valence-corrected chi connectivity index (χ2v) is 5.22. The Labute approximate surface area is 120 Å². The van der Waals surface area contributed by atoms with Crippen molar-refractivity contribution >= 4 is 0 Å². The van der Waals surface area contributed by atoms with Crippen LogP contribution >= 0.6 is 0 Å². The van der Waals surface area contributed by atoms with E-state index in [0.29, 0.717) is 5.92 Å². The van der Waals surface area contributed by atoms with Gasteiger partial charge in [-0.05, 0) is 48.7 Å². The van der Waals surface area contributed by atoms with Crippen LogP contribution in [0.15, 0.2) is 42.7 Å². The van der Waals surface area contributed by atoms with E-state index >= 15 is 0 Å². The average Bonchev–Trinajstić information content (AvgIpc) is 2.53. The zero-order chi connectivity index (χ0) is 13.8. The fourth-order valence-electron chi connectivity index (χ4n) is 2.81. The van der Waals surface area contributed by atoms with E-state index in [9.17, 15) is 0 Å². The van der Waals surface area contributed by atoms with Crippen LogP contribution in [0.2, 0.25) is 0 Å². The molecule has 0 saturated carbocycles. The molecule has 0 spiro atoms. The predicted molar refractivity (Wildman–Crippen MR) is 80.3 cm³/mol. The van der Waals surface area contributed by atoms with Gasteiger partial charge in [-0.15, -0.1) is 0 Å². The van der Waals surface area contributed by atoms with E-state index in [1.165, 1.54) is 16.7 Å². The van der Waals surface area contributed by atoms with Gasteiger partial charge in [0.05, 0.1) is 6.61 Å². The molecule has 1 aromatic carbocycles. The average molecular weight is 268 g/mol. The molecule has 104 valence electrons. The highest BCUT2D eigenvalue weighted by Crippen LogP contribution is 2.30. The standard InChI is InChI=1S/C17H20N2O/c1-18-12-16(15-4-2-8-19-11-15)13-6-7-17-14(10-13)5-3-9-20-17/h2,4,6-8,10-11,16,18H,3,5,9,12H2,1H3. The third-order valence-corrected chi connectivity index (χ3v) is 3.83. The Morgan fingerprint density at radius 2 is 2.25 bits per heavy atom. The van der Waals surface area contributed by atoms with E-state index in [1.54, 1.807) is 0 Å². The summed E-state index contributed by atoms with van der Waals surface area (Å²) >= 11 is 0. The van der Waals surface area contributed by atoms with Crippen molar-refractivity contribution in [2.75, 3.05) is 20.2 Å². The summed E-state index contributed by atoms with van der Waals surface area (Å²) in [6.07, 6.45) is 6.00. The largest absolute Gasteiger partial charge is 0.493 e. The molecule has 0 amide bonds. The molecule has 3 rings (SSSR count). The molecule has 0 saturated heterocycles. The Kier molecular flexibility index (Phi) is 3.97. The van der Waals surface area contributed by atoms with Crippen molar-refractivity contribution in [3.8, 4) is 5.75 Å². The molecular formula is C17H20N2O. The topological polar surface area (TPSA) is 34.2 Å². The van der Waals surface area contributed by atoms with E-state index in [-0.39, 0.29) is 0 Å². The Balaban J connectivity index is 1.95. The minimum atomic E-state index is 0.334. The van der Waals surface area contributed by atoms with Gasteiger partial charge >= 0.3 is 0 Å². The van der Waals surface area contributed by atoms with Crippen molar-refractivity contribution in [1.82, 2.24) is 10.3 Å². The number of pyridine rings is 1. The maximum atomic E-state index is 5.70. The molecule has 1 aliphatic heterocycles. The number of hydrogen-bond acceptors (Lipinski definition) is 3. The van der Waals surface area contributed by atoms with Crippen molar-refractivity contribution < 1.29 is 4.74 Å². The Morgan fingerprint density at radius 1 is 1.30 bits per heavy atom. The first-order valence-electron chi connectivity index (χ1n) is 7.18. The molecule has 0 aliphatic carbocycles. The van der Waals surface area contributed by atoms with Crippen LogP contribution in [0, 0.1) is 0 Å². The third-order valence-electron chi connectivity index (χ3n) is 3.83. The number of aryl methyl sites for hydroxylation is 1. The summed E-state index contributed by atoms with van der Waals surface area (Å²) in [5.41, 5.74) is 3.91. The fraction of sp³-hybridized carbons (Fsp3) is 0.353. The zero-order valence-electron chi connectivity index (χ0n) is 11.8. The van der Waals surface area contributed by atoms with Gasteiger partial charge in [0, 0.05) is 24.9 Å². The van der Waals surface area contributed by atoms with E-state index in [4.69, 9.17) is 4.74 Å². The SMILES string of the molecule is CNCC(c1cccnc1)c1ccc2c(c1)CCCO2. The molecule has 3 heteroatoms. The Hall–Kier alpha value is -1.87. The lowest BCUT2D eigenvalue weighted by Gasteiger charge is -2.22. The quantitative estimate of drug-likeness (QED) is 0.926. The van der Waals surface area contributed by atoms with Crippen molar-refractivity contribution in [1.29, 1.82) is 0 Å². The predicted octanol–water partition coefficient (Wildman–Crippen LogP) is 2.76. The maximum absolute atomic E-state index is 5.70. The first-order chi connectivity index (χ1) is 9.88. The number of ether oxygens (including phenoxy) is 1. The third kappa shape index (κ3) is 2.68. The highest BCUT2D eigenvalue weighted by Gasteiger charge is 2.17. The summed E-state index contributed by atoms with van der Waals surface area (Å²) in [6, 6.07) is 10.7. The second kappa shape index (κ2) is 6.06. The number of fused-ring (bicyclic) bond motifs is 1. The van der Waals surface area contributed by atoms with Gasteiger partial charge in [-0.25, -0.2) is 0 Å². The monoisotopic (exact) mass is 268 g/mol. The molecular weight excluding hydrogens is 248 g/mol. The van der Waals surface area contributed by atoms with Gasteiger partial charge in [-0.2, -0.15) is 0 Å². The highest BCUT2D eigenvalue weighted by atomic mass is 16.5. The Bertz CT molecular complexity index is 568. The van der Waals surface area contributed by atoms with Crippen LogP contribution in [-0.4, -0.2) is 25.2 Å². The molecule has 1 atom stereocenters. The summed E-state index contributed by atoms with van der Waals surface area (Å²) in [5, 5.41) is 3.29. The smallest absolute Gasteiger partial charge is 0.122 e. The summed E-state index contributed by atoms with van der Waals surface area (Å²) in [5.74, 6) is 1.38.